The van der Waals surface area contributed by atoms with Gasteiger partial charge in [0.15, 0.2) is 5.82 Å². The Morgan fingerprint density at radius 2 is 1.67 bits per heavy atom. The Bertz CT molecular complexity index is 761. The van der Waals surface area contributed by atoms with Crippen molar-refractivity contribution in [3.05, 3.63) is 59.1 Å². The van der Waals surface area contributed by atoms with E-state index in [1.807, 2.05) is 48.5 Å². The second-order valence-corrected chi connectivity index (χ2v) is 5.83. The Balaban J connectivity index is 1.86. The number of aromatic nitrogens is 2. The molecule has 106 valence electrons. The van der Waals surface area contributed by atoms with E-state index < -0.39 is 0 Å². The van der Waals surface area contributed by atoms with Crippen molar-refractivity contribution in [2.75, 3.05) is 5.43 Å². The lowest BCUT2D eigenvalue weighted by molar-refractivity contribution is 1.09. The predicted molar refractivity (Wildman–Crippen MR) is 88.4 cm³/mol. The lowest BCUT2D eigenvalue weighted by Crippen LogP contribution is -2.10. The number of nitrogens with two attached hydrogens (primary N) is 1. The molecule has 0 saturated heterocycles. The largest absolute Gasteiger partial charge is 0.306 e. The minimum Gasteiger partial charge on any atom is -0.306 e. The van der Waals surface area contributed by atoms with E-state index in [-0.39, 0.29) is 0 Å². The number of rotatable bonds is 4. The normalized spacial score (nSPS) is 10.8. The lowest BCUT2D eigenvalue weighted by Gasteiger charge is -2.08. The highest BCUT2D eigenvalue weighted by atomic mass is 35.5. The first-order valence-corrected chi connectivity index (χ1v) is 7.73. The minimum absolute atomic E-state index is 0.590. The molecular formula is C15H13ClN4S. The molecule has 0 bridgehead atoms. The van der Waals surface area contributed by atoms with Crippen molar-refractivity contribution >= 4 is 40.2 Å². The van der Waals surface area contributed by atoms with E-state index in [0.717, 1.165) is 26.8 Å². The molecule has 0 radical (unpaired) electrons. The van der Waals surface area contributed by atoms with Gasteiger partial charge in [0.2, 0.25) is 0 Å². The summed E-state index contributed by atoms with van der Waals surface area (Å²) >= 11 is 7.47. The molecule has 0 saturated carbocycles. The summed E-state index contributed by atoms with van der Waals surface area (Å²) in [6.45, 7) is 0. The van der Waals surface area contributed by atoms with Crippen LogP contribution < -0.4 is 11.3 Å². The quantitative estimate of drug-likeness (QED) is 0.435. The average molecular weight is 317 g/mol. The van der Waals surface area contributed by atoms with Crippen LogP contribution in [0.2, 0.25) is 5.02 Å². The molecule has 0 spiro atoms. The van der Waals surface area contributed by atoms with Gasteiger partial charge in [-0.15, -0.1) is 0 Å². The van der Waals surface area contributed by atoms with Gasteiger partial charge in [-0.05, 0) is 29.8 Å². The number of nitrogen functional groups attached to an aromatic ring is 1. The van der Waals surface area contributed by atoms with Gasteiger partial charge in [0.1, 0.15) is 5.03 Å². The Morgan fingerprint density at radius 3 is 2.33 bits per heavy atom. The monoisotopic (exact) mass is 316 g/mol. The highest BCUT2D eigenvalue weighted by Crippen LogP contribution is 2.28. The van der Waals surface area contributed by atoms with Gasteiger partial charge in [0.25, 0.3) is 0 Å². The summed E-state index contributed by atoms with van der Waals surface area (Å²) in [6.07, 6.45) is 0. The maximum atomic E-state index is 5.89. The molecule has 0 amide bonds. The smallest absolute Gasteiger partial charge is 0.173 e. The van der Waals surface area contributed by atoms with Crippen LogP contribution in [0.3, 0.4) is 0 Å². The van der Waals surface area contributed by atoms with Crippen molar-refractivity contribution in [2.24, 2.45) is 5.84 Å². The van der Waals surface area contributed by atoms with Crippen molar-refractivity contribution in [1.82, 2.24) is 9.97 Å². The zero-order valence-corrected chi connectivity index (χ0v) is 12.7. The number of para-hydroxylation sites is 2. The van der Waals surface area contributed by atoms with E-state index in [0.29, 0.717) is 5.82 Å². The summed E-state index contributed by atoms with van der Waals surface area (Å²) in [6, 6.07) is 15.5. The SMILES string of the molecule is NNc1nc2ccccc2nc1SCc1ccc(Cl)cc1. The van der Waals surface area contributed by atoms with E-state index in [2.05, 4.69) is 15.4 Å². The molecule has 4 nitrogen and oxygen atoms in total. The lowest BCUT2D eigenvalue weighted by atomic mass is 10.2. The summed E-state index contributed by atoms with van der Waals surface area (Å²) in [5.41, 5.74) is 5.46. The third-order valence-corrected chi connectivity index (χ3v) is 4.25. The Morgan fingerprint density at radius 1 is 1.00 bits per heavy atom. The van der Waals surface area contributed by atoms with Gasteiger partial charge < -0.3 is 5.43 Å². The fourth-order valence-electron chi connectivity index (χ4n) is 1.91. The highest BCUT2D eigenvalue weighted by Gasteiger charge is 2.08. The van der Waals surface area contributed by atoms with Crippen LogP contribution >= 0.6 is 23.4 Å². The van der Waals surface area contributed by atoms with Crippen LogP contribution in [0, 0.1) is 0 Å². The third-order valence-electron chi connectivity index (χ3n) is 2.96. The van der Waals surface area contributed by atoms with Gasteiger partial charge in [0.05, 0.1) is 11.0 Å². The van der Waals surface area contributed by atoms with Crippen molar-refractivity contribution in [3.8, 4) is 0 Å². The maximum Gasteiger partial charge on any atom is 0.173 e. The van der Waals surface area contributed by atoms with Gasteiger partial charge >= 0.3 is 0 Å². The minimum atomic E-state index is 0.590. The molecule has 0 aliphatic carbocycles. The zero-order chi connectivity index (χ0) is 14.7. The second-order valence-electron chi connectivity index (χ2n) is 4.43. The van der Waals surface area contributed by atoms with Gasteiger partial charge in [-0.2, -0.15) is 0 Å². The summed E-state index contributed by atoms with van der Waals surface area (Å²) < 4.78 is 0. The Kier molecular flexibility index (Phi) is 4.24. The molecule has 0 aliphatic rings. The number of anilines is 1. The van der Waals surface area contributed by atoms with E-state index >= 15 is 0 Å². The number of fused-ring (bicyclic) bond motifs is 1. The first-order chi connectivity index (χ1) is 10.3. The topological polar surface area (TPSA) is 63.8 Å². The van der Waals surface area contributed by atoms with Crippen LogP contribution in [0.4, 0.5) is 5.82 Å². The molecule has 1 aromatic heterocycles. The summed E-state index contributed by atoms with van der Waals surface area (Å²) in [5, 5.41) is 1.52. The van der Waals surface area contributed by atoms with Gasteiger partial charge in [-0.25, -0.2) is 15.8 Å². The summed E-state index contributed by atoms with van der Waals surface area (Å²) in [5.74, 6) is 6.91. The summed E-state index contributed by atoms with van der Waals surface area (Å²) in [7, 11) is 0. The predicted octanol–water partition coefficient (Wildman–Crippen LogP) is 3.86. The van der Waals surface area contributed by atoms with E-state index in [1.165, 1.54) is 5.56 Å². The molecule has 3 N–H and O–H groups in total. The zero-order valence-electron chi connectivity index (χ0n) is 11.1. The molecule has 1 heterocycles. The summed E-state index contributed by atoms with van der Waals surface area (Å²) in [4.78, 5) is 9.09. The second kappa shape index (κ2) is 6.30. The fourth-order valence-corrected chi connectivity index (χ4v) is 2.94. The van der Waals surface area contributed by atoms with E-state index in [9.17, 15) is 0 Å². The van der Waals surface area contributed by atoms with Crippen molar-refractivity contribution in [1.29, 1.82) is 0 Å². The van der Waals surface area contributed by atoms with Gasteiger partial charge in [0, 0.05) is 10.8 Å². The Hall–Kier alpha value is -1.82. The number of hydrogen-bond donors (Lipinski definition) is 2. The van der Waals surface area contributed by atoms with Crippen LogP contribution in [-0.4, -0.2) is 9.97 Å². The molecule has 0 aliphatic heterocycles. The molecule has 0 atom stereocenters. The highest BCUT2D eigenvalue weighted by molar-refractivity contribution is 7.98. The van der Waals surface area contributed by atoms with Gasteiger partial charge in [-0.3, -0.25) is 0 Å². The van der Waals surface area contributed by atoms with E-state index in [1.54, 1.807) is 11.8 Å². The molecule has 3 rings (SSSR count). The first-order valence-electron chi connectivity index (χ1n) is 6.37. The number of hydrogen-bond acceptors (Lipinski definition) is 5. The van der Waals surface area contributed by atoms with Crippen LogP contribution in [0.15, 0.2) is 53.6 Å². The molecular weight excluding hydrogens is 304 g/mol. The van der Waals surface area contributed by atoms with Crippen molar-refractivity contribution in [3.63, 3.8) is 0 Å². The molecule has 21 heavy (non-hydrogen) atoms. The van der Waals surface area contributed by atoms with Crippen LogP contribution in [0.5, 0.6) is 0 Å². The molecule has 6 heteroatoms. The maximum absolute atomic E-state index is 5.89. The first kappa shape index (κ1) is 14.1. The third kappa shape index (κ3) is 3.26. The standard InChI is InChI=1S/C15H13ClN4S/c16-11-7-5-10(6-8-11)9-21-15-14(20-17)18-12-3-1-2-4-13(12)19-15/h1-8H,9,17H2,(H,18,20). The number of nitrogens with zero attached hydrogens (tertiary/aromatic N) is 2. The number of halogens is 1. The van der Waals surface area contributed by atoms with Crippen molar-refractivity contribution in [2.45, 2.75) is 10.8 Å². The average Bonchev–Trinajstić information content (AvgIpc) is 2.53. The molecule has 3 aromatic rings. The number of hydrazine groups is 1. The van der Waals surface area contributed by atoms with Gasteiger partial charge in [-0.1, -0.05) is 47.6 Å². The van der Waals surface area contributed by atoms with Crippen molar-refractivity contribution < 1.29 is 0 Å². The fraction of sp³-hybridized carbons (Fsp3) is 0.0667. The van der Waals surface area contributed by atoms with Crippen LogP contribution in [0.25, 0.3) is 11.0 Å². The number of benzene rings is 2. The van der Waals surface area contributed by atoms with Crippen LogP contribution in [0.1, 0.15) is 5.56 Å². The Labute approximate surface area is 131 Å². The molecule has 0 unspecified atom stereocenters. The molecule has 2 aromatic carbocycles. The van der Waals surface area contributed by atoms with E-state index in [4.69, 9.17) is 17.4 Å². The number of nitrogens with one attached hydrogen (secondary N) is 1. The molecule has 0 fully saturated rings. The number of thioether (sulfide) groups is 1. The van der Waals surface area contributed by atoms with Crippen LogP contribution in [-0.2, 0) is 5.75 Å².